The number of rotatable bonds is 5. The number of halogens is 1. The van der Waals surface area contributed by atoms with Crippen LogP contribution >= 0.6 is 0 Å². The van der Waals surface area contributed by atoms with E-state index in [0.29, 0.717) is 5.92 Å². The highest BCUT2D eigenvalue weighted by Crippen LogP contribution is 2.15. The van der Waals surface area contributed by atoms with Crippen LogP contribution in [0, 0.1) is 11.7 Å². The quantitative estimate of drug-likeness (QED) is 0.784. The molecule has 0 aliphatic rings. The van der Waals surface area contributed by atoms with Crippen molar-refractivity contribution in [3.63, 3.8) is 0 Å². The third-order valence-electron chi connectivity index (χ3n) is 2.72. The topological polar surface area (TPSA) is 32.3 Å². The third kappa shape index (κ3) is 3.51. The lowest BCUT2D eigenvalue weighted by Gasteiger charge is -2.23. The molecule has 0 radical (unpaired) electrons. The van der Waals surface area contributed by atoms with Crippen molar-refractivity contribution >= 4 is 5.69 Å². The Morgan fingerprint density at radius 2 is 1.93 bits per heavy atom. The monoisotopic (exact) mass is 211 g/mol. The molecule has 0 heterocycles. The highest BCUT2D eigenvalue weighted by molar-refractivity contribution is 5.43. The Bertz CT molecular complexity index is 286. The number of nitrogens with one attached hydrogen (secondary N) is 1. The molecule has 0 bridgehead atoms. The summed E-state index contributed by atoms with van der Waals surface area (Å²) >= 11 is 0. The lowest BCUT2D eigenvalue weighted by atomic mass is 10.00. The first kappa shape index (κ1) is 12.0. The zero-order valence-corrected chi connectivity index (χ0v) is 9.20. The van der Waals surface area contributed by atoms with E-state index in [9.17, 15) is 9.50 Å². The zero-order chi connectivity index (χ0) is 11.3. The molecule has 0 amide bonds. The fourth-order valence-electron chi connectivity index (χ4n) is 1.41. The Balaban J connectivity index is 2.62. The molecule has 2 unspecified atom stereocenters. The molecule has 1 aromatic carbocycles. The van der Waals surface area contributed by atoms with Gasteiger partial charge in [-0.05, 0) is 30.2 Å². The molecule has 3 heteroatoms. The highest BCUT2D eigenvalue weighted by Gasteiger charge is 2.13. The predicted octanol–water partition coefficient (Wildman–Crippen LogP) is 2.64. The second-order valence-electron chi connectivity index (χ2n) is 3.83. The number of anilines is 1. The van der Waals surface area contributed by atoms with E-state index in [1.54, 1.807) is 12.1 Å². The Kier molecular flexibility index (Phi) is 4.56. The van der Waals surface area contributed by atoms with Gasteiger partial charge in [0.25, 0.3) is 0 Å². The number of aliphatic hydroxyl groups is 1. The van der Waals surface area contributed by atoms with Crippen LogP contribution in [0.25, 0.3) is 0 Å². The van der Waals surface area contributed by atoms with Gasteiger partial charge in [0, 0.05) is 5.69 Å². The summed E-state index contributed by atoms with van der Waals surface area (Å²) in [6, 6.07) is 6.21. The minimum Gasteiger partial charge on any atom is -0.394 e. The van der Waals surface area contributed by atoms with Crippen LogP contribution in [0.15, 0.2) is 24.3 Å². The number of hydrogen-bond donors (Lipinski definition) is 2. The fraction of sp³-hybridized carbons (Fsp3) is 0.500. The largest absolute Gasteiger partial charge is 0.394 e. The van der Waals surface area contributed by atoms with Gasteiger partial charge in [-0.1, -0.05) is 20.3 Å². The van der Waals surface area contributed by atoms with Gasteiger partial charge >= 0.3 is 0 Å². The summed E-state index contributed by atoms with van der Waals surface area (Å²) in [6.45, 7) is 4.25. The van der Waals surface area contributed by atoms with E-state index in [1.165, 1.54) is 12.1 Å². The van der Waals surface area contributed by atoms with Crippen molar-refractivity contribution < 1.29 is 9.50 Å². The van der Waals surface area contributed by atoms with E-state index in [4.69, 9.17) is 0 Å². The van der Waals surface area contributed by atoms with Crippen LogP contribution in [-0.4, -0.2) is 17.8 Å². The van der Waals surface area contributed by atoms with Gasteiger partial charge in [0.1, 0.15) is 5.82 Å². The van der Waals surface area contributed by atoms with Crippen molar-refractivity contribution in [1.29, 1.82) is 0 Å². The number of aliphatic hydroxyl groups excluding tert-OH is 1. The molecular formula is C12H18FNO. The van der Waals surface area contributed by atoms with E-state index in [2.05, 4.69) is 19.2 Å². The highest BCUT2D eigenvalue weighted by atomic mass is 19.1. The van der Waals surface area contributed by atoms with Crippen LogP contribution in [0.3, 0.4) is 0 Å². The molecule has 1 rings (SSSR count). The van der Waals surface area contributed by atoms with Crippen LogP contribution in [-0.2, 0) is 0 Å². The smallest absolute Gasteiger partial charge is 0.123 e. The molecule has 15 heavy (non-hydrogen) atoms. The van der Waals surface area contributed by atoms with Crippen LogP contribution in [0.5, 0.6) is 0 Å². The van der Waals surface area contributed by atoms with Crippen molar-refractivity contribution in [2.24, 2.45) is 5.92 Å². The summed E-state index contributed by atoms with van der Waals surface area (Å²) in [5.74, 6) is 0.143. The first-order chi connectivity index (χ1) is 7.17. The van der Waals surface area contributed by atoms with Gasteiger partial charge in [-0.2, -0.15) is 0 Å². The molecule has 2 nitrogen and oxygen atoms in total. The van der Waals surface area contributed by atoms with E-state index in [1.807, 2.05) is 0 Å². The van der Waals surface area contributed by atoms with Gasteiger partial charge in [-0.3, -0.25) is 0 Å². The van der Waals surface area contributed by atoms with Crippen molar-refractivity contribution in [2.75, 3.05) is 11.9 Å². The lowest BCUT2D eigenvalue weighted by molar-refractivity contribution is 0.241. The second kappa shape index (κ2) is 5.71. The number of benzene rings is 1. The molecule has 1 aromatic rings. The van der Waals surface area contributed by atoms with Crippen LogP contribution in [0.2, 0.25) is 0 Å². The molecule has 2 atom stereocenters. The van der Waals surface area contributed by atoms with Gasteiger partial charge in [0.05, 0.1) is 12.6 Å². The van der Waals surface area contributed by atoms with Gasteiger partial charge < -0.3 is 10.4 Å². The average molecular weight is 211 g/mol. The summed E-state index contributed by atoms with van der Waals surface area (Å²) < 4.78 is 12.7. The summed E-state index contributed by atoms with van der Waals surface area (Å²) in [5.41, 5.74) is 0.843. The molecular weight excluding hydrogens is 193 g/mol. The number of hydrogen-bond acceptors (Lipinski definition) is 2. The lowest BCUT2D eigenvalue weighted by Crippen LogP contribution is -2.30. The molecule has 84 valence electrons. The Morgan fingerprint density at radius 3 is 2.40 bits per heavy atom. The summed E-state index contributed by atoms with van der Waals surface area (Å²) in [5, 5.41) is 12.4. The Labute approximate surface area is 90.1 Å². The van der Waals surface area contributed by atoms with E-state index in [-0.39, 0.29) is 18.5 Å². The summed E-state index contributed by atoms with van der Waals surface area (Å²) in [4.78, 5) is 0. The first-order valence-corrected chi connectivity index (χ1v) is 5.30. The third-order valence-corrected chi connectivity index (χ3v) is 2.72. The van der Waals surface area contributed by atoms with Crippen LogP contribution in [0.1, 0.15) is 20.3 Å². The maximum Gasteiger partial charge on any atom is 0.123 e. The fourth-order valence-corrected chi connectivity index (χ4v) is 1.41. The molecule has 0 saturated heterocycles. The van der Waals surface area contributed by atoms with E-state index in [0.717, 1.165) is 12.1 Å². The van der Waals surface area contributed by atoms with Gasteiger partial charge in [0.15, 0.2) is 0 Å². The maximum atomic E-state index is 12.7. The minimum absolute atomic E-state index is 0.0282. The van der Waals surface area contributed by atoms with Crippen LogP contribution < -0.4 is 5.32 Å². The Hall–Kier alpha value is -1.09. The van der Waals surface area contributed by atoms with Crippen molar-refractivity contribution in [1.82, 2.24) is 0 Å². The molecule has 0 aliphatic carbocycles. The molecule has 0 spiro atoms. The van der Waals surface area contributed by atoms with Crippen molar-refractivity contribution in [3.8, 4) is 0 Å². The van der Waals surface area contributed by atoms with Gasteiger partial charge in [-0.15, -0.1) is 0 Å². The molecule has 0 aromatic heterocycles. The standard InChI is InChI=1S/C12H18FNO/c1-3-9(2)12(8-15)14-11-6-4-10(13)5-7-11/h4-7,9,12,14-15H,3,8H2,1-2H3. The van der Waals surface area contributed by atoms with Crippen molar-refractivity contribution in [3.05, 3.63) is 30.1 Å². The summed E-state index contributed by atoms with van der Waals surface area (Å²) in [6.07, 6.45) is 0.999. The van der Waals surface area contributed by atoms with Gasteiger partial charge in [-0.25, -0.2) is 4.39 Å². The van der Waals surface area contributed by atoms with E-state index >= 15 is 0 Å². The van der Waals surface area contributed by atoms with Gasteiger partial charge in [0.2, 0.25) is 0 Å². The van der Waals surface area contributed by atoms with Crippen molar-refractivity contribution in [2.45, 2.75) is 26.3 Å². The van der Waals surface area contributed by atoms with Crippen LogP contribution in [0.4, 0.5) is 10.1 Å². The average Bonchev–Trinajstić information content (AvgIpc) is 2.27. The normalized spacial score (nSPS) is 14.7. The second-order valence-corrected chi connectivity index (χ2v) is 3.83. The van der Waals surface area contributed by atoms with E-state index < -0.39 is 0 Å². The molecule has 0 saturated carbocycles. The Morgan fingerprint density at radius 1 is 1.33 bits per heavy atom. The maximum absolute atomic E-state index is 12.7. The summed E-state index contributed by atoms with van der Waals surface area (Å²) in [7, 11) is 0. The first-order valence-electron chi connectivity index (χ1n) is 5.30. The zero-order valence-electron chi connectivity index (χ0n) is 9.20. The molecule has 0 fully saturated rings. The predicted molar refractivity (Wildman–Crippen MR) is 60.4 cm³/mol. The SMILES string of the molecule is CCC(C)C(CO)Nc1ccc(F)cc1. The minimum atomic E-state index is -0.246. The molecule has 0 aliphatic heterocycles. The molecule has 2 N–H and O–H groups in total.